The molecule has 19 N–H and O–H groups in total. The zero-order valence-corrected chi connectivity index (χ0v) is 36.1. The van der Waals surface area contributed by atoms with Gasteiger partial charge in [-0.3, -0.25) is 24.8 Å². The lowest BCUT2D eigenvalue weighted by molar-refractivity contribution is -0.130. The number of nitrogens with one attached hydrogen (secondary N) is 3. The van der Waals surface area contributed by atoms with Crippen molar-refractivity contribution >= 4 is 41.0 Å². The zero-order valence-electron chi connectivity index (χ0n) is 35.3. The van der Waals surface area contributed by atoms with Crippen LogP contribution >= 0.6 is 11.6 Å². The van der Waals surface area contributed by atoms with Gasteiger partial charge in [0.15, 0.2) is 28.4 Å². The van der Waals surface area contributed by atoms with Gasteiger partial charge in [0.05, 0.1) is 32.0 Å². The van der Waals surface area contributed by atoms with E-state index in [0.717, 1.165) is 47.9 Å². The highest BCUT2D eigenvalue weighted by molar-refractivity contribution is 6.31. The molecule has 2 aromatic carbocycles. The maximum absolute atomic E-state index is 12.5. The molecule has 3 rings (SSSR count). The van der Waals surface area contributed by atoms with Gasteiger partial charge in [-0.1, -0.05) is 60.1 Å². The van der Waals surface area contributed by atoms with Gasteiger partial charge in [-0.05, 0) is 54.4 Å². The van der Waals surface area contributed by atoms with Gasteiger partial charge in [0.2, 0.25) is 5.91 Å². The van der Waals surface area contributed by atoms with E-state index in [2.05, 4.69) is 55.2 Å². The Bertz CT molecular complexity index is 1870. The summed E-state index contributed by atoms with van der Waals surface area (Å²) in [4.78, 5) is 38.0. The van der Waals surface area contributed by atoms with Gasteiger partial charge in [-0.25, -0.2) is 9.97 Å². The van der Waals surface area contributed by atoms with E-state index in [1.54, 1.807) is 0 Å². The van der Waals surface area contributed by atoms with Gasteiger partial charge in [0, 0.05) is 39.3 Å². The number of carbonyl (C=O) groups is 2. The molecule has 0 saturated carbocycles. The molecule has 0 bridgehead atoms. The number of guanidine groups is 1. The molecule has 3 aromatic rings. The molecule has 0 aliphatic carbocycles. The average Bonchev–Trinajstić information content (AvgIpc) is 3.28. The molecule has 0 radical (unpaired) electrons. The molecular weight excluding hydrogens is 860 g/mol. The van der Waals surface area contributed by atoms with E-state index < -0.39 is 81.0 Å². The van der Waals surface area contributed by atoms with Crippen molar-refractivity contribution in [1.82, 2.24) is 30.8 Å². The smallest absolute Gasteiger partial charge is 0.280 e. The van der Waals surface area contributed by atoms with Gasteiger partial charge in [0.1, 0.15) is 36.6 Å². The fourth-order valence-corrected chi connectivity index (χ4v) is 6.47. The number of halogens is 1. The van der Waals surface area contributed by atoms with Crippen molar-refractivity contribution in [2.75, 3.05) is 70.5 Å². The quantitative estimate of drug-likeness (QED) is 0.0187. The summed E-state index contributed by atoms with van der Waals surface area (Å²) in [6.07, 6.45) is -10.7. The summed E-state index contributed by atoms with van der Waals surface area (Å²) in [6, 6.07) is 16.4. The second-order valence-corrected chi connectivity index (χ2v) is 15.6. The van der Waals surface area contributed by atoms with Crippen LogP contribution in [0.15, 0.2) is 53.5 Å². The van der Waals surface area contributed by atoms with E-state index >= 15 is 0 Å². The first kappa shape index (κ1) is 53.7. The number of anilines is 2. The van der Waals surface area contributed by atoms with E-state index in [1.165, 1.54) is 4.90 Å². The summed E-state index contributed by atoms with van der Waals surface area (Å²) >= 11 is 5.83. The number of aliphatic hydroxyl groups excluding tert-OH is 10. The number of unbranched alkanes of at least 4 members (excludes halogenated alkanes) is 1. The van der Waals surface area contributed by atoms with Crippen molar-refractivity contribution in [1.29, 1.82) is 0 Å². The Hall–Kier alpha value is -4.66. The Labute approximate surface area is 375 Å². The maximum Gasteiger partial charge on any atom is 0.280 e. The largest absolute Gasteiger partial charge is 0.394 e. The highest BCUT2D eigenvalue weighted by atomic mass is 35.5. The topological polar surface area (TPSA) is 392 Å². The molecule has 356 valence electrons. The van der Waals surface area contributed by atoms with Crippen molar-refractivity contribution in [2.45, 2.75) is 80.9 Å². The van der Waals surface area contributed by atoms with Crippen molar-refractivity contribution in [3.63, 3.8) is 0 Å². The predicted octanol–water partition coefficient (Wildman–Crippen LogP) is -4.16. The number of aliphatic imine (C=N–C) groups is 1. The van der Waals surface area contributed by atoms with Crippen LogP contribution in [0.3, 0.4) is 0 Å². The second kappa shape index (κ2) is 27.6. The van der Waals surface area contributed by atoms with E-state index in [9.17, 15) is 50.4 Å². The number of aliphatic hydroxyl groups is 10. The average molecular weight is 923 g/mol. The van der Waals surface area contributed by atoms with Gasteiger partial charge in [-0.15, -0.1) is 0 Å². The van der Waals surface area contributed by atoms with Crippen molar-refractivity contribution in [2.24, 2.45) is 10.7 Å². The number of hydrogen-bond acceptors (Lipinski definition) is 19. The van der Waals surface area contributed by atoms with Crippen LogP contribution < -0.4 is 33.2 Å². The highest BCUT2D eigenvalue weighted by Gasteiger charge is 2.34. The monoisotopic (exact) mass is 922 g/mol. The molecule has 22 nitrogen and oxygen atoms in total. The van der Waals surface area contributed by atoms with Crippen LogP contribution in [0, 0.1) is 0 Å². The van der Waals surface area contributed by atoms with Crippen LogP contribution in [0.5, 0.6) is 0 Å². The number of nitrogen functional groups attached to an aromatic ring is 2. The van der Waals surface area contributed by atoms with Crippen LogP contribution in [-0.4, -0.2) is 192 Å². The number of rotatable bonds is 28. The molecule has 64 heavy (non-hydrogen) atoms. The summed E-state index contributed by atoms with van der Waals surface area (Å²) < 4.78 is 0. The van der Waals surface area contributed by atoms with Crippen molar-refractivity contribution < 1.29 is 60.7 Å². The Morgan fingerprint density at radius 2 is 1.19 bits per heavy atom. The molecule has 1 aromatic heterocycles. The summed E-state index contributed by atoms with van der Waals surface area (Å²) in [7, 11) is 0. The minimum absolute atomic E-state index is 0.0220. The Kier molecular flexibility index (Phi) is 23.2. The number of benzene rings is 2. The summed E-state index contributed by atoms with van der Waals surface area (Å²) in [5.74, 6) is -1.34. The number of carbonyl (C=O) groups excluding carboxylic acids is 2. The minimum Gasteiger partial charge on any atom is -0.394 e. The number of nitrogens with zero attached hydrogens (tertiary/aromatic N) is 4. The summed E-state index contributed by atoms with van der Waals surface area (Å²) in [5.41, 5.74) is 21.2. The first-order valence-electron chi connectivity index (χ1n) is 20.7. The third-order valence-electron chi connectivity index (χ3n) is 10.2. The van der Waals surface area contributed by atoms with E-state index in [4.69, 9.17) is 39.0 Å². The minimum atomic E-state index is -1.90. The molecule has 0 fully saturated rings. The van der Waals surface area contributed by atoms with E-state index in [-0.39, 0.29) is 54.0 Å². The molecule has 0 spiro atoms. The number of nitrogens with two attached hydrogens (primary N) is 3. The Morgan fingerprint density at radius 3 is 1.70 bits per heavy atom. The first-order valence-corrected chi connectivity index (χ1v) is 21.1. The highest BCUT2D eigenvalue weighted by Crippen LogP contribution is 2.22. The lowest BCUT2D eigenvalue weighted by Crippen LogP contribution is -2.54. The van der Waals surface area contributed by atoms with Gasteiger partial charge >= 0.3 is 0 Å². The number of aromatic nitrogens is 2. The molecule has 0 saturated heterocycles. The van der Waals surface area contributed by atoms with Crippen LogP contribution in [-0.2, 0) is 17.6 Å². The fraction of sp³-hybridized carbons (Fsp3) is 0.537. The van der Waals surface area contributed by atoms with Crippen LogP contribution in [0.2, 0.25) is 5.15 Å². The molecular formula is C41H63ClN10O12. The summed E-state index contributed by atoms with van der Waals surface area (Å²) in [5, 5.41) is 107. The number of aryl methyl sites for hydroxylation is 2. The lowest BCUT2D eigenvalue weighted by Gasteiger charge is -2.33. The van der Waals surface area contributed by atoms with Crippen LogP contribution in [0.1, 0.15) is 40.9 Å². The Balaban J connectivity index is 1.36. The van der Waals surface area contributed by atoms with Crippen LogP contribution in [0.4, 0.5) is 11.6 Å². The van der Waals surface area contributed by atoms with Crippen LogP contribution in [0.25, 0.3) is 11.1 Å². The van der Waals surface area contributed by atoms with Crippen molar-refractivity contribution in [3.05, 3.63) is 70.5 Å². The first-order chi connectivity index (χ1) is 30.4. The Morgan fingerprint density at radius 1 is 0.688 bits per heavy atom. The van der Waals surface area contributed by atoms with Gasteiger partial charge in [0.25, 0.3) is 5.91 Å². The molecule has 1 heterocycles. The molecule has 8 unspecified atom stereocenters. The van der Waals surface area contributed by atoms with Gasteiger partial charge in [-0.2, -0.15) is 0 Å². The lowest BCUT2D eigenvalue weighted by atomic mass is 10.00. The number of amides is 2. The molecule has 0 aliphatic heterocycles. The normalized spacial score (nSPS) is 15.8. The zero-order chi connectivity index (χ0) is 47.3. The third kappa shape index (κ3) is 17.7. The van der Waals surface area contributed by atoms with E-state index in [1.807, 2.05) is 24.3 Å². The standard InChI is InChI=1S/C41H63ClN10O12/c42-37-39(44)50-38(43)32(49-37)40(64)51-41(45)48-14-2-1-4-23-6-10-25(11-7-23)26-12-8-24(9-13-26)5-3-15-47-31(59)18-46-16-17-52(19-27(55)33(60)35(62)29(57)21-53)20-28(56)34(61)36(63)30(58)22-54/h6-13,27-30,33-36,46,53-58,60-63H,1-5,14-22H2,(H,47,59)(H4,43,44,50)(H3,45,48,51,64). The fourth-order valence-electron chi connectivity index (χ4n) is 6.34. The number of hydrogen-bond donors (Lipinski definition) is 16. The van der Waals surface area contributed by atoms with Gasteiger partial charge < -0.3 is 78.9 Å². The van der Waals surface area contributed by atoms with Crippen molar-refractivity contribution in [3.8, 4) is 11.1 Å². The SMILES string of the molecule is NC(=NCCCCc1ccc(-c2ccc(CCCNC(=O)CNCCN(CC(O)C(O)C(O)C(O)CO)CC(O)C(O)C(O)C(O)CO)cc2)cc1)NC(=O)c1nc(Cl)c(N)nc1N. The summed E-state index contributed by atoms with van der Waals surface area (Å²) in [6.45, 7) is -1.73. The maximum atomic E-state index is 12.5. The third-order valence-corrected chi connectivity index (χ3v) is 10.4. The van der Waals surface area contributed by atoms with E-state index in [0.29, 0.717) is 19.5 Å². The molecule has 0 aliphatic rings. The molecule has 23 heteroatoms. The molecule has 2 amide bonds. The second-order valence-electron chi connectivity index (χ2n) is 15.2. The molecule has 8 atom stereocenters. The predicted molar refractivity (Wildman–Crippen MR) is 238 cm³/mol.